The number of hydrogen-bond acceptors (Lipinski definition) is 5. The number of methoxy groups -OCH3 is 1. The van der Waals surface area contributed by atoms with Crippen LogP contribution in [0.4, 0.5) is 0 Å². The Morgan fingerprint density at radius 3 is 3.00 bits per heavy atom. The first-order valence-electron chi connectivity index (χ1n) is 6.49. The number of hydrogen-bond donors (Lipinski definition) is 0. The van der Waals surface area contributed by atoms with Crippen LogP contribution in [0.2, 0.25) is 0 Å². The number of carbonyl (C=O) groups is 1. The van der Waals surface area contributed by atoms with Gasteiger partial charge in [0.1, 0.15) is 18.2 Å². The molecule has 0 aliphatic carbocycles. The van der Waals surface area contributed by atoms with Gasteiger partial charge in [-0.1, -0.05) is 12.1 Å². The lowest BCUT2D eigenvalue weighted by Crippen LogP contribution is -2.10. The molecule has 0 spiro atoms. The summed E-state index contributed by atoms with van der Waals surface area (Å²) >= 11 is 0. The monoisotopic (exact) mass is 285 g/mol. The molecule has 0 bridgehead atoms. The summed E-state index contributed by atoms with van der Waals surface area (Å²) in [5.74, 6) is 0.682. The molecule has 0 atom stereocenters. The molecule has 2 rings (SSSR count). The highest BCUT2D eigenvalue weighted by Gasteiger charge is 2.17. The van der Waals surface area contributed by atoms with Gasteiger partial charge < -0.3 is 14.2 Å². The maximum absolute atomic E-state index is 11.6. The second-order valence-corrected chi connectivity index (χ2v) is 4.28. The highest BCUT2D eigenvalue weighted by Crippen LogP contribution is 2.35. The van der Waals surface area contributed by atoms with Crippen molar-refractivity contribution in [1.29, 1.82) is 5.26 Å². The Hall–Kier alpha value is -2.74. The summed E-state index contributed by atoms with van der Waals surface area (Å²) in [7, 11) is 1.58. The number of esters is 1. The van der Waals surface area contributed by atoms with Gasteiger partial charge in [-0.3, -0.25) is 0 Å². The molecule has 1 aliphatic rings. The molecule has 0 radical (unpaired) electrons. The molecule has 0 unspecified atom stereocenters. The van der Waals surface area contributed by atoms with Crippen LogP contribution in [-0.4, -0.2) is 26.3 Å². The third-order valence-corrected chi connectivity index (χ3v) is 2.90. The fraction of sp³-hybridized carbons (Fsp3) is 0.250. The molecule has 0 fully saturated rings. The van der Waals surface area contributed by atoms with Crippen LogP contribution in [0.1, 0.15) is 12.5 Å². The molecule has 21 heavy (non-hydrogen) atoms. The first-order valence-corrected chi connectivity index (χ1v) is 6.49. The van der Waals surface area contributed by atoms with E-state index in [2.05, 4.69) is 0 Å². The highest BCUT2D eigenvalue weighted by molar-refractivity contribution is 5.93. The third kappa shape index (κ3) is 3.23. The topological polar surface area (TPSA) is 68.6 Å². The van der Waals surface area contributed by atoms with Crippen molar-refractivity contribution in [3.8, 4) is 17.6 Å². The third-order valence-electron chi connectivity index (χ3n) is 2.90. The van der Waals surface area contributed by atoms with E-state index in [0.29, 0.717) is 11.5 Å². The van der Waals surface area contributed by atoms with Crippen molar-refractivity contribution in [3.05, 3.63) is 41.0 Å². The zero-order chi connectivity index (χ0) is 15.2. The molecule has 5 heteroatoms. The second kappa shape index (κ2) is 6.62. The molecule has 0 amide bonds. The Morgan fingerprint density at radius 2 is 2.33 bits per heavy atom. The van der Waals surface area contributed by atoms with Crippen LogP contribution in [0.15, 0.2) is 35.4 Å². The van der Waals surface area contributed by atoms with Crippen LogP contribution in [0.3, 0.4) is 0 Å². The summed E-state index contributed by atoms with van der Waals surface area (Å²) in [6.45, 7) is 2.18. The van der Waals surface area contributed by atoms with Crippen LogP contribution >= 0.6 is 0 Å². The van der Waals surface area contributed by atoms with Crippen molar-refractivity contribution >= 4 is 12.0 Å². The summed E-state index contributed by atoms with van der Waals surface area (Å²) in [6.07, 6.45) is 3.35. The van der Waals surface area contributed by atoms with Crippen LogP contribution in [0, 0.1) is 11.3 Å². The minimum absolute atomic E-state index is 0.0435. The van der Waals surface area contributed by atoms with Gasteiger partial charge in [-0.2, -0.15) is 5.26 Å². The maximum atomic E-state index is 11.6. The quantitative estimate of drug-likeness (QED) is 0.483. The van der Waals surface area contributed by atoms with Crippen LogP contribution < -0.4 is 9.47 Å². The van der Waals surface area contributed by atoms with Crippen molar-refractivity contribution < 1.29 is 19.0 Å². The molecule has 0 saturated carbocycles. The molecule has 1 aromatic carbocycles. The van der Waals surface area contributed by atoms with Gasteiger partial charge >= 0.3 is 5.97 Å². The largest absolute Gasteiger partial charge is 0.493 e. The van der Waals surface area contributed by atoms with Gasteiger partial charge in [0.15, 0.2) is 11.5 Å². The lowest BCUT2D eigenvalue weighted by molar-refractivity contribution is -0.138. The average molecular weight is 285 g/mol. The Labute approximate surface area is 123 Å². The molecule has 1 aromatic rings. The van der Waals surface area contributed by atoms with Gasteiger partial charge in [0.2, 0.25) is 0 Å². The average Bonchev–Trinajstić information content (AvgIpc) is 2.51. The first-order chi connectivity index (χ1) is 10.2. The van der Waals surface area contributed by atoms with E-state index in [4.69, 9.17) is 19.5 Å². The van der Waals surface area contributed by atoms with Crippen molar-refractivity contribution in [2.75, 3.05) is 20.3 Å². The zero-order valence-electron chi connectivity index (χ0n) is 11.9. The number of ether oxygens (including phenoxy) is 3. The van der Waals surface area contributed by atoms with Crippen molar-refractivity contribution in [3.63, 3.8) is 0 Å². The number of nitrogens with zero attached hydrogens (tertiary/aromatic N) is 1. The number of para-hydroxylation sites is 1. The smallest absolute Gasteiger partial charge is 0.348 e. The van der Waals surface area contributed by atoms with E-state index in [9.17, 15) is 4.79 Å². The lowest BCUT2D eigenvalue weighted by Gasteiger charge is -2.18. The van der Waals surface area contributed by atoms with Crippen LogP contribution in [0.25, 0.3) is 6.08 Å². The number of fused-ring (bicyclic) bond motifs is 1. The predicted molar refractivity (Wildman–Crippen MR) is 76.8 cm³/mol. The highest BCUT2D eigenvalue weighted by atomic mass is 16.5. The molecule has 0 N–H and O–H groups in total. The number of benzene rings is 1. The summed E-state index contributed by atoms with van der Waals surface area (Å²) in [5.41, 5.74) is 1.52. The van der Waals surface area contributed by atoms with E-state index >= 15 is 0 Å². The molecular weight excluding hydrogens is 270 g/mol. The molecular formula is C16H15NO4. The molecule has 1 aliphatic heterocycles. The Morgan fingerprint density at radius 1 is 1.52 bits per heavy atom. The molecule has 1 heterocycles. The maximum Gasteiger partial charge on any atom is 0.348 e. The van der Waals surface area contributed by atoms with E-state index in [1.165, 1.54) is 6.08 Å². The Bertz CT molecular complexity index is 653. The van der Waals surface area contributed by atoms with E-state index in [0.717, 1.165) is 11.1 Å². The van der Waals surface area contributed by atoms with E-state index in [1.54, 1.807) is 14.0 Å². The van der Waals surface area contributed by atoms with Crippen LogP contribution in [-0.2, 0) is 9.53 Å². The van der Waals surface area contributed by atoms with E-state index < -0.39 is 5.97 Å². The van der Waals surface area contributed by atoms with Gasteiger partial charge in [-0.15, -0.1) is 0 Å². The molecule has 108 valence electrons. The lowest BCUT2D eigenvalue weighted by atomic mass is 10.0. The van der Waals surface area contributed by atoms with Gasteiger partial charge in [0.25, 0.3) is 0 Å². The fourth-order valence-corrected chi connectivity index (χ4v) is 1.97. The summed E-state index contributed by atoms with van der Waals surface area (Å²) in [4.78, 5) is 11.6. The second-order valence-electron chi connectivity index (χ2n) is 4.28. The van der Waals surface area contributed by atoms with Crippen molar-refractivity contribution in [2.45, 2.75) is 6.92 Å². The summed E-state index contributed by atoms with van der Waals surface area (Å²) in [5, 5.41) is 9.02. The normalized spacial score (nSPS) is 13.4. The number of rotatable bonds is 4. The zero-order valence-corrected chi connectivity index (χ0v) is 11.9. The van der Waals surface area contributed by atoms with Gasteiger partial charge in [-0.05, 0) is 30.7 Å². The van der Waals surface area contributed by atoms with E-state index in [-0.39, 0.29) is 18.8 Å². The molecule has 5 nitrogen and oxygen atoms in total. The van der Waals surface area contributed by atoms with Crippen molar-refractivity contribution in [2.24, 2.45) is 0 Å². The van der Waals surface area contributed by atoms with Gasteiger partial charge in [0.05, 0.1) is 13.7 Å². The van der Waals surface area contributed by atoms with Crippen LogP contribution in [0.5, 0.6) is 11.5 Å². The fourth-order valence-electron chi connectivity index (χ4n) is 1.97. The number of carbonyl (C=O) groups excluding carboxylic acids is 1. The molecule has 0 aromatic heterocycles. The molecule has 0 saturated heterocycles. The standard InChI is InChI=1S/C16H15NO4/c1-3-20-16(18)13(9-17)8-11-7-12-5-4-6-14(19-2)15(12)21-10-11/h4-8H,3,10H2,1-2H3/b13-8+. The number of nitriles is 1. The van der Waals surface area contributed by atoms with E-state index in [1.807, 2.05) is 30.3 Å². The van der Waals surface area contributed by atoms with Gasteiger partial charge in [0, 0.05) is 5.56 Å². The first kappa shape index (κ1) is 14.7. The van der Waals surface area contributed by atoms with Crippen molar-refractivity contribution in [1.82, 2.24) is 0 Å². The predicted octanol–water partition coefficient (Wildman–Crippen LogP) is 2.48. The van der Waals surface area contributed by atoms with Gasteiger partial charge in [-0.25, -0.2) is 4.79 Å². The SMILES string of the molecule is CCOC(=O)/C(C#N)=C/C1=Cc2cccc(OC)c2OC1. The Balaban J connectivity index is 2.32. The minimum atomic E-state index is -0.627. The Kier molecular flexibility index (Phi) is 4.62. The minimum Gasteiger partial charge on any atom is -0.493 e. The summed E-state index contributed by atoms with van der Waals surface area (Å²) in [6, 6.07) is 7.38. The summed E-state index contributed by atoms with van der Waals surface area (Å²) < 4.78 is 15.7.